The fourth-order valence-electron chi connectivity index (χ4n) is 2.06. The number of hydrogen-bond donors (Lipinski definition) is 1. The maximum absolute atomic E-state index is 11.9. The number of ketones is 1. The van der Waals surface area contributed by atoms with Crippen molar-refractivity contribution in [1.82, 2.24) is 4.98 Å². The van der Waals surface area contributed by atoms with Crippen molar-refractivity contribution in [2.24, 2.45) is 5.92 Å². The van der Waals surface area contributed by atoms with Crippen molar-refractivity contribution in [2.45, 2.75) is 52.1 Å². The SMILES string of the molecule is COC(=O)CC(=O)CC(O)(CCc1nc(C)cs1)C(C)C. The summed E-state index contributed by atoms with van der Waals surface area (Å²) >= 11 is 1.55. The van der Waals surface area contributed by atoms with Crippen LogP contribution in [0.4, 0.5) is 0 Å². The van der Waals surface area contributed by atoms with Gasteiger partial charge in [-0.1, -0.05) is 13.8 Å². The van der Waals surface area contributed by atoms with Crippen LogP contribution in [0.25, 0.3) is 0 Å². The van der Waals surface area contributed by atoms with Crippen LogP contribution >= 0.6 is 11.3 Å². The fourth-order valence-corrected chi connectivity index (χ4v) is 2.84. The summed E-state index contributed by atoms with van der Waals surface area (Å²) in [6.07, 6.45) is 0.745. The minimum atomic E-state index is -1.12. The Morgan fingerprint density at radius 1 is 1.48 bits per heavy atom. The third-order valence-corrected chi connectivity index (χ3v) is 4.61. The molecule has 6 heteroatoms. The van der Waals surface area contributed by atoms with Crippen molar-refractivity contribution >= 4 is 23.1 Å². The number of thiazole rings is 1. The average Bonchev–Trinajstić information content (AvgIpc) is 2.81. The molecule has 1 N–H and O–H groups in total. The lowest BCUT2D eigenvalue weighted by molar-refractivity contribution is -0.144. The lowest BCUT2D eigenvalue weighted by Gasteiger charge is -2.31. The molecule has 1 rings (SSSR count). The van der Waals surface area contributed by atoms with Gasteiger partial charge in [-0.2, -0.15) is 0 Å². The Morgan fingerprint density at radius 3 is 2.62 bits per heavy atom. The molecule has 21 heavy (non-hydrogen) atoms. The zero-order valence-electron chi connectivity index (χ0n) is 13.0. The van der Waals surface area contributed by atoms with Crippen LogP contribution in [0.1, 0.15) is 43.8 Å². The van der Waals surface area contributed by atoms with Gasteiger partial charge in [-0.25, -0.2) is 4.98 Å². The molecule has 0 aliphatic rings. The molecule has 1 heterocycles. The van der Waals surface area contributed by atoms with Gasteiger partial charge in [0.15, 0.2) is 0 Å². The van der Waals surface area contributed by atoms with Gasteiger partial charge in [-0.05, 0) is 19.3 Å². The first kappa shape index (κ1) is 17.8. The number of hydrogen-bond acceptors (Lipinski definition) is 6. The van der Waals surface area contributed by atoms with E-state index in [1.54, 1.807) is 11.3 Å². The van der Waals surface area contributed by atoms with Crippen molar-refractivity contribution in [3.63, 3.8) is 0 Å². The Hall–Kier alpha value is -1.27. The summed E-state index contributed by atoms with van der Waals surface area (Å²) in [4.78, 5) is 27.4. The van der Waals surface area contributed by atoms with Gasteiger partial charge in [-0.15, -0.1) is 11.3 Å². The Morgan fingerprint density at radius 2 is 2.14 bits per heavy atom. The standard InChI is InChI=1S/C15H23NO4S/c1-10(2)15(19,8-12(17)7-14(18)20-4)6-5-13-16-11(3)9-21-13/h9-10,19H,5-8H2,1-4H3. The van der Waals surface area contributed by atoms with Crippen molar-refractivity contribution in [2.75, 3.05) is 7.11 Å². The normalized spacial score (nSPS) is 14.0. The highest BCUT2D eigenvalue weighted by Crippen LogP contribution is 2.28. The number of aromatic nitrogens is 1. The van der Waals surface area contributed by atoms with Gasteiger partial charge in [-0.3, -0.25) is 9.59 Å². The highest BCUT2D eigenvalue weighted by molar-refractivity contribution is 7.09. The first-order valence-corrected chi connectivity index (χ1v) is 7.86. The molecule has 118 valence electrons. The summed E-state index contributed by atoms with van der Waals surface area (Å²) < 4.78 is 4.48. The number of rotatable bonds is 8. The number of esters is 1. The smallest absolute Gasteiger partial charge is 0.313 e. The second-order valence-corrected chi connectivity index (χ2v) is 6.55. The number of carbonyl (C=O) groups is 2. The molecule has 1 unspecified atom stereocenters. The van der Waals surface area contributed by atoms with Gasteiger partial charge < -0.3 is 9.84 Å². The largest absolute Gasteiger partial charge is 0.469 e. The van der Waals surface area contributed by atoms with Crippen LogP contribution in [0, 0.1) is 12.8 Å². The van der Waals surface area contributed by atoms with Crippen molar-refractivity contribution in [1.29, 1.82) is 0 Å². The van der Waals surface area contributed by atoms with Crippen molar-refractivity contribution < 1.29 is 19.4 Å². The number of methoxy groups -OCH3 is 1. The summed E-state index contributed by atoms with van der Waals surface area (Å²) in [7, 11) is 1.25. The fraction of sp³-hybridized carbons (Fsp3) is 0.667. The molecule has 1 aromatic rings. The van der Waals surface area contributed by atoms with Crippen LogP contribution in [-0.2, 0) is 20.7 Å². The Labute approximate surface area is 129 Å². The predicted octanol–water partition coefficient (Wildman–Crippen LogP) is 2.29. The van der Waals surface area contributed by atoms with E-state index in [1.165, 1.54) is 7.11 Å². The van der Waals surface area contributed by atoms with Crippen molar-refractivity contribution in [3.8, 4) is 0 Å². The molecule has 0 aliphatic carbocycles. The Balaban J connectivity index is 2.64. The third-order valence-electron chi connectivity index (χ3n) is 3.59. The molecule has 1 aromatic heterocycles. The molecule has 5 nitrogen and oxygen atoms in total. The highest BCUT2D eigenvalue weighted by Gasteiger charge is 2.34. The van der Waals surface area contributed by atoms with E-state index in [0.29, 0.717) is 12.8 Å². The van der Waals surface area contributed by atoms with Crippen LogP contribution < -0.4 is 0 Å². The van der Waals surface area contributed by atoms with Gasteiger partial charge in [0.2, 0.25) is 0 Å². The van der Waals surface area contributed by atoms with Gasteiger partial charge >= 0.3 is 5.97 Å². The zero-order valence-corrected chi connectivity index (χ0v) is 13.8. The minimum absolute atomic E-state index is 0.0376. The minimum Gasteiger partial charge on any atom is -0.469 e. The van der Waals surface area contributed by atoms with E-state index in [9.17, 15) is 14.7 Å². The summed E-state index contributed by atoms with van der Waals surface area (Å²) in [6.45, 7) is 5.67. The van der Waals surface area contributed by atoms with Crippen LogP contribution in [-0.4, -0.2) is 34.6 Å². The van der Waals surface area contributed by atoms with Gasteiger partial charge in [0, 0.05) is 23.9 Å². The Bertz CT molecular complexity index is 498. The second kappa shape index (κ2) is 7.66. The summed E-state index contributed by atoms with van der Waals surface area (Å²) in [5.41, 5.74) is -0.158. The molecular formula is C15H23NO4S. The summed E-state index contributed by atoms with van der Waals surface area (Å²) in [6, 6.07) is 0. The molecule has 0 spiro atoms. The molecule has 1 atom stereocenters. The van der Waals surface area contributed by atoms with Crippen LogP contribution in [0.15, 0.2) is 5.38 Å². The topological polar surface area (TPSA) is 76.5 Å². The lowest BCUT2D eigenvalue weighted by Crippen LogP contribution is -2.38. The van der Waals surface area contributed by atoms with E-state index in [-0.39, 0.29) is 24.5 Å². The number of nitrogens with zero attached hydrogens (tertiary/aromatic N) is 1. The van der Waals surface area contributed by atoms with E-state index in [2.05, 4.69) is 9.72 Å². The molecule has 0 fully saturated rings. The average molecular weight is 313 g/mol. The van der Waals surface area contributed by atoms with E-state index in [0.717, 1.165) is 10.7 Å². The molecule has 0 bridgehead atoms. The molecule has 0 saturated heterocycles. The first-order chi connectivity index (χ1) is 9.76. The van der Waals surface area contributed by atoms with Crippen molar-refractivity contribution in [3.05, 3.63) is 16.1 Å². The van der Waals surface area contributed by atoms with E-state index in [1.807, 2.05) is 26.2 Å². The summed E-state index contributed by atoms with van der Waals surface area (Å²) in [5, 5.41) is 13.6. The molecule has 0 radical (unpaired) electrons. The van der Waals surface area contributed by atoms with E-state index < -0.39 is 11.6 Å². The Kier molecular flexibility index (Phi) is 6.48. The summed E-state index contributed by atoms with van der Waals surface area (Å²) in [5.74, 6) is -0.949. The molecular weight excluding hydrogens is 290 g/mol. The molecule has 0 aliphatic heterocycles. The number of aryl methyl sites for hydroxylation is 2. The second-order valence-electron chi connectivity index (χ2n) is 5.61. The van der Waals surface area contributed by atoms with Gasteiger partial charge in [0.25, 0.3) is 0 Å². The monoisotopic (exact) mass is 313 g/mol. The zero-order chi connectivity index (χ0) is 16.0. The molecule has 0 saturated carbocycles. The van der Waals surface area contributed by atoms with E-state index in [4.69, 9.17) is 0 Å². The predicted molar refractivity (Wildman–Crippen MR) is 81.2 cm³/mol. The van der Waals surface area contributed by atoms with Gasteiger partial charge in [0.1, 0.15) is 12.2 Å². The third kappa shape index (κ3) is 5.55. The number of ether oxygens (including phenoxy) is 1. The van der Waals surface area contributed by atoms with E-state index >= 15 is 0 Å². The van der Waals surface area contributed by atoms with Gasteiger partial charge in [0.05, 0.1) is 17.7 Å². The maximum Gasteiger partial charge on any atom is 0.313 e. The molecule has 0 aromatic carbocycles. The van der Waals surface area contributed by atoms with Crippen LogP contribution in [0.2, 0.25) is 0 Å². The number of carbonyl (C=O) groups excluding carboxylic acids is 2. The first-order valence-electron chi connectivity index (χ1n) is 6.98. The molecule has 0 amide bonds. The van der Waals surface area contributed by atoms with Crippen LogP contribution in [0.5, 0.6) is 0 Å². The van der Waals surface area contributed by atoms with Crippen LogP contribution in [0.3, 0.4) is 0 Å². The maximum atomic E-state index is 11.9. The number of aliphatic hydroxyl groups is 1. The number of Topliss-reactive ketones (excluding diaryl/α,β-unsaturated/α-hetero) is 1. The highest BCUT2D eigenvalue weighted by atomic mass is 32.1. The lowest BCUT2D eigenvalue weighted by atomic mass is 9.81. The quantitative estimate of drug-likeness (QED) is 0.588.